The molecule has 0 unspecified atom stereocenters. The Hall–Kier alpha value is -3.65. The Labute approximate surface area is 175 Å². The van der Waals surface area contributed by atoms with Crippen LogP contribution in [-0.2, 0) is 14.8 Å². The molecule has 0 spiro atoms. The number of carbonyl (C=O) groups is 2. The molecule has 7 nitrogen and oxygen atoms in total. The number of hydrogen-bond donors (Lipinski definition) is 2. The first kappa shape index (κ1) is 21.1. The van der Waals surface area contributed by atoms with E-state index in [0.29, 0.717) is 16.9 Å². The molecule has 0 atom stereocenters. The Kier molecular flexibility index (Phi) is 6.17. The smallest absolute Gasteiger partial charge is 0.264 e. The summed E-state index contributed by atoms with van der Waals surface area (Å²) < 4.78 is 27.7. The van der Waals surface area contributed by atoms with E-state index in [4.69, 9.17) is 5.73 Å². The second-order valence-corrected chi connectivity index (χ2v) is 8.46. The van der Waals surface area contributed by atoms with Gasteiger partial charge in [-0.25, -0.2) is 8.42 Å². The molecule has 3 N–H and O–H groups in total. The third-order valence-electron chi connectivity index (χ3n) is 4.46. The highest BCUT2D eigenvalue weighted by atomic mass is 32.2. The number of nitrogens with one attached hydrogen (secondary N) is 1. The first-order chi connectivity index (χ1) is 14.3. The zero-order chi connectivity index (χ0) is 21.7. The molecule has 0 aliphatic carbocycles. The normalized spacial score (nSPS) is 11.0. The Morgan fingerprint density at radius 1 is 0.900 bits per heavy atom. The molecule has 3 aromatic carbocycles. The third-order valence-corrected chi connectivity index (χ3v) is 6.23. The summed E-state index contributed by atoms with van der Waals surface area (Å²) in [4.78, 5) is 24.0. The van der Waals surface area contributed by atoms with Gasteiger partial charge in [-0.3, -0.25) is 13.9 Å². The monoisotopic (exact) mass is 423 g/mol. The van der Waals surface area contributed by atoms with Crippen LogP contribution >= 0.6 is 0 Å². The highest BCUT2D eigenvalue weighted by molar-refractivity contribution is 7.92. The summed E-state index contributed by atoms with van der Waals surface area (Å²) in [5.74, 6) is -1.10. The lowest BCUT2D eigenvalue weighted by Crippen LogP contribution is -2.38. The molecule has 0 saturated heterocycles. The number of rotatable bonds is 7. The van der Waals surface area contributed by atoms with Gasteiger partial charge in [0.1, 0.15) is 6.54 Å². The third kappa shape index (κ3) is 4.66. The van der Waals surface area contributed by atoms with Gasteiger partial charge in [0.15, 0.2) is 0 Å². The van der Waals surface area contributed by atoms with Crippen LogP contribution in [0.25, 0.3) is 0 Å². The van der Waals surface area contributed by atoms with Crippen LogP contribution in [0, 0.1) is 6.92 Å². The van der Waals surface area contributed by atoms with Gasteiger partial charge in [0.2, 0.25) is 11.8 Å². The van der Waals surface area contributed by atoms with Crippen LogP contribution in [0.2, 0.25) is 0 Å². The molecule has 0 fully saturated rings. The van der Waals surface area contributed by atoms with Crippen molar-refractivity contribution < 1.29 is 18.0 Å². The van der Waals surface area contributed by atoms with Crippen LogP contribution in [0.5, 0.6) is 0 Å². The van der Waals surface area contributed by atoms with Crippen LogP contribution in [-0.4, -0.2) is 26.8 Å². The van der Waals surface area contributed by atoms with Gasteiger partial charge in [-0.2, -0.15) is 0 Å². The topological polar surface area (TPSA) is 110 Å². The van der Waals surface area contributed by atoms with E-state index in [1.165, 1.54) is 36.4 Å². The maximum absolute atomic E-state index is 13.3. The van der Waals surface area contributed by atoms with Gasteiger partial charge in [0.05, 0.1) is 10.6 Å². The number of sulfonamides is 1. The van der Waals surface area contributed by atoms with Gasteiger partial charge in [-0.1, -0.05) is 36.4 Å². The summed E-state index contributed by atoms with van der Waals surface area (Å²) in [6.07, 6.45) is 0. The molecule has 0 aliphatic rings. The lowest BCUT2D eigenvalue weighted by atomic mass is 10.2. The van der Waals surface area contributed by atoms with Crippen LogP contribution in [0.15, 0.2) is 83.8 Å². The second kappa shape index (κ2) is 8.79. The number of para-hydroxylation sites is 1. The SMILES string of the molecule is Cc1ccccc1N(CC(=O)Nc1ccc(C(N)=O)cc1)S(=O)(=O)c1ccccc1. The van der Waals surface area contributed by atoms with Crippen LogP contribution in [0.4, 0.5) is 11.4 Å². The van der Waals surface area contributed by atoms with E-state index in [-0.39, 0.29) is 4.90 Å². The highest BCUT2D eigenvalue weighted by Gasteiger charge is 2.28. The molecule has 154 valence electrons. The Bertz CT molecular complexity index is 1160. The van der Waals surface area contributed by atoms with Crippen molar-refractivity contribution in [1.82, 2.24) is 0 Å². The molecule has 0 aliphatic heterocycles. The molecule has 3 aromatic rings. The van der Waals surface area contributed by atoms with Gasteiger partial charge >= 0.3 is 0 Å². The summed E-state index contributed by atoms with van der Waals surface area (Å²) >= 11 is 0. The predicted molar refractivity (Wildman–Crippen MR) is 116 cm³/mol. The van der Waals surface area contributed by atoms with E-state index in [1.54, 1.807) is 49.4 Å². The second-order valence-electron chi connectivity index (χ2n) is 6.60. The average molecular weight is 423 g/mol. The number of nitrogens with two attached hydrogens (primary N) is 1. The van der Waals surface area contributed by atoms with Gasteiger partial charge < -0.3 is 11.1 Å². The van der Waals surface area contributed by atoms with Gasteiger partial charge in [-0.15, -0.1) is 0 Å². The summed E-state index contributed by atoms with van der Waals surface area (Å²) in [7, 11) is -3.97. The maximum Gasteiger partial charge on any atom is 0.264 e. The fourth-order valence-corrected chi connectivity index (χ4v) is 4.42. The number of benzene rings is 3. The molecular weight excluding hydrogens is 402 g/mol. The molecule has 0 aromatic heterocycles. The zero-order valence-electron chi connectivity index (χ0n) is 16.3. The molecule has 30 heavy (non-hydrogen) atoms. The number of carbonyl (C=O) groups excluding carboxylic acids is 2. The molecule has 0 radical (unpaired) electrons. The Morgan fingerprint density at radius 2 is 1.50 bits per heavy atom. The summed E-state index contributed by atoms with van der Waals surface area (Å²) in [5.41, 5.74) is 7.08. The van der Waals surface area contributed by atoms with Crippen molar-refractivity contribution >= 4 is 33.2 Å². The molecule has 0 bridgehead atoms. The molecule has 8 heteroatoms. The largest absolute Gasteiger partial charge is 0.366 e. The summed E-state index contributed by atoms with van der Waals surface area (Å²) in [6, 6.07) is 20.9. The van der Waals surface area contributed by atoms with Crippen molar-refractivity contribution in [3.05, 3.63) is 90.0 Å². The first-order valence-corrected chi connectivity index (χ1v) is 10.6. The van der Waals surface area contributed by atoms with Crippen LogP contribution in [0.3, 0.4) is 0 Å². The minimum Gasteiger partial charge on any atom is -0.366 e. The summed E-state index contributed by atoms with van der Waals surface area (Å²) in [6.45, 7) is 1.36. The summed E-state index contributed by atoms with van der Waals surface area (Å²) in [5, 5.41) is 2.65. The number of amides is 2. The Balaban J connectivity index is 1.90. The van der Waals surface area contributed by atoms with Crippen molar-refractivity contribution in [3.8, 4) is 0 Å². The number of anilines is 2. The van der Waals surface area contributed by atoms with Crippen molar-refractivity contribution in [2.75, 3.05) is 16.2 Å². The number of hydrogen-bond acceptors (Lipinski definition) is 4. The molecule has 0 heterocycles. The number of aryl methyl sites for hydroxylation is 1. The first-order valence-electron chi connectivity index (χ1n) is 9.12. The minimum atomic E-state index is -3.97. The lowest BCUT2D eigenvalue weighted by Gasteiger charge is -2.25. The van der Waals surface area contributed by atoms with Crippen LogP contribution in [0.1, 0.15) is 15.9 Å². The molecule has 3 rings (SSSR count). The fraction of sp³-hybridized carbons (Fsp3) is 0.0909. The van der Waals surface area contributed by atoms with Crippen molar-refractivity contribution in [2.45, 2.75) is 11.8 Å². The van der Waals surface area contributed by atoms with E-state index in [1.807, 2.05) is 0 Å². The number of nitrogens with zero attached hydrogens (tertiary/aromatic N) is 1. The predicted octanol–water partition coefficient (Wildman–Crippen LogP) is 2.93. The molecular formula is C22H21N3O4S. The van der Waals surface area contributed by atoms with E-state index >= 15 is 0 Å². The van der Waals surface area contributed by atoms with E-state index in [0.717, 1.165) is 9.87 Å². The maximum atomic E-state index is 13.3. The lowest BCUT2D eigenvalue weighted by molar-refractivity contribution is -0.114. The number of primary amides is 1. The van der Waals surface area contributed by atoms with Gasteiger partial charge in [0.25, 0.3) is 10.0 Å². The van der Waals surface area contributed by atoms with Crippen LogP contribution < -0.4 is 15.4 Å². The molecule has 0 saturated carbocycles. The van der Waals surface area contributed by atoms with Crippen molar-refractivity contribution in [1.29, 1.82) is 0 Å². The van der Waals surface area contributed by atoms with Gasteiger partial charge in [0, 0.05) is 11.3 Å². The molecule has 2 amide bonds. The standard InChI is InChI=1S/C22H21N3O4S/c1-16-7-5-6-10-20(16)25(30(28,29)19-8-3-2-4-9-19)15-21(26)24-18-13-11-17(12-14-18)22(23)27/h2-14H,15H2,1H3,(H2,23,27)(H,24,26). The van der Waals surface area contributed by atoms with E-state index in [2.05, 4.69) is 5.32 Å². The van der Waals surface area contributed by atoms with Crippen molar-refractivity contribution in [2.24, 2.45) is 5.73 Å². The van der Waals surface area contributed by atoms with E-state index < -0.39 is 28.4 Å². The minimum absolute atomic E-state index is 0.0897. The quantitative estimate of drug-likeness (QED) is 0.609. The zero-order valence-corrected chi connectivity index (χ0v) is 17.1. The average Bonchev–Trinajstić information content (AvgIpc) is 2.73. The van der Waals surface area contributed by atoms with E-state index in [9.17, 15) is 18.0 Å². The fourth-order valence-electron chi connectivity index (χ4n) is 2.91. The van der Waals surface area contributed by atoms with Gasteiger partial charge in [-0.05, 0) is 55.0 Å². The van der Waals surface area contributed by atoms with Crippen molar-refractivity contribution in [3.63, 3.8) is 0 Å². The highest BCUT2D eigenvalue weighted by Crippen LogP contribution is 2.26. The Morgan fingerprint density at radius 3 is 2.10 bits per heavy atom.